The lowest BCUT2D eigenvalue weighted by molar-refractivity contribution is 0.474. The monoisotopic (exact) mass is 294 g/mol. The van der Waals surface area contributed by atoms with Crippen molar-refractivity contribution in [1.29, 1.82) is 0 Å². The van der Waals surface area contributed by atoms with E-state index in [4.69, 9.17) is 0 Å². The predicted molar refractivity (Wildman–Crippen MR) is 76.8 cm³/mol. The Morgan fingerprint density at radius 1 is 1.28 bits per heavy atom. The molecule has 0 aliphatic carbocycles. The molecule has 0 aliphatic rings. The molecule has 2 atom stereocenters. The molecular weight excluding hydrogens is 271 g/mol. The van der Waals surface area contributed by atoms with Crippen LogP contribution in [0.1, 0.15) is 32.6 Å². The summed E-state index contributed by atoms with van der Waals surface area (Å²) in [5, 5.41) is 0. The van der Waals surface area contributed by atoms with E-state index in [2.05, 4.69) is 13.2 Å². The fraction of sp³-hybridized carbons (Fsp3) is 0.667. The molecule has 0 aromatic rings. The van der Waals surface area contributed by atoms with Gasteiger partial charge in [-0.25, -0.2) is 8.42 Å². The number of hydrogen-bond acceptors (Lipinski definition) is 3. The maximum atomic E-state index is 12.1. The molecule has 106 valence electrons. The Morgan fingerprint density at radius 2 is 1.89 bits per heavy atom. The minimum absolute atomic E-state index is 0.01000. The first kappa shape index (κ1) is 17.6. The Bertz CT molecular complexity index is 414. The Morgan fingerprint density at radius 3 is 2.33 bits per heavy atom. The van der Waals surface area contributed by atoms with Crippen LogP contribution >= 0.6 is 7.37 Å². The summed E-state index contributed by atoms with van der Waals surface area (Å²) in [7, 11) is -7.34. The van der Waals surface area contributed by atoms with Crippen LogP contribution in [-0.4, -0.2) is 30.2 Å². The van der Waals surface area contributed by atoms with E-state index in [9.17, 15) is 17.9 Å². The van der Waals surface area contributed by atoms with Gasteiger partial charge in [-0.05, 0) is 12.8 Å². The van der Waals surface area contributed by atoms with E-state index in [1.54, 1.807) is 0 Å². The lowest BCUT2D eigenvalue weighted by Crippen LogP contribution is -2.24. The third kappa shape index (κ3) is 5.51. The molecule has 0 bridgehead atoms. The van der Waals surface area contributed by atoms with Gasteiger partial charge in [0.15, 0.2) is 9.84 Å². The van der Waals surface area contributed by atoms with Crippen molar-refractivity contribution < 1.29 is 17.9 Å². The van der Waals surface area contributed by atoms with Crippen molar-refractivity contribution in [2.24, 2.45) is 0 Å². The fourth-order valence-electron chi connectivity index (χ4n) is 1.70. The molecule has 0 aliphatic heterocycles. The zero-order chi connectivity index (χ0) is 14.2. The Hall–Kier alpha value is -0.380. The molecule has 18 heavy (non-hydrogen) atoms. The van der Waals surface area contributed by atoms with Crippen LogP contribution in [-0.2, 0) is 14.4 Å². The van der Waals surface area contributed by atoms with Crippen LogP contribution in [0.4, 0.5) is 0 Å². The number of sulfone groups is 1. The molecule has 4 nitrogen and oxygen atoms in total. The molecule has 0 heterocycles. The van der Waals surface area contributed by atoms with Gasteiger partial charge in [0, 0.05) is 6.16 Å². The van der Waals surface area contributed by atoms with Crippen molar-refractivity contribution in [3.63, 3.8) is 0 Å². The summed E-state index contributed by atoms with van der Waals surface area (Å²) in [6.45, 7) is 8.83. The van der Waals surface area contributed by atoms with Crippen molar-refractivity contribution in [1.82, 2.24) is 0 Å². The van der Waals surface area contributed by atoms with E-state index in [-0.39, 0.29) is 18.3 Å². The molecule has 0 amide bonds. The summed E-state index contributed by atoms with van der Waals surface area (Å²) >= 11 is 0. The van der Waals surface area contributed by atoms with Gasteiger partial charge in [0.25, 0.3) is 0 Å². The van der Waals surface area contributed by atoms with Gasteiger partial charge in [-0.1, -0.05) is 31.9 Å². The van der Waals surface area contributed by atoms with Gasteiger partial charge in [-0.2, -0.15) is 0 Å². The third-order valence-electron chi connectivity index (χ3n) is 2.66. The van der Waals surface area contributed by atoms with Crippen LogP contribution in [0.3, 0.4) is 0 Å². The second-order valence-electron chi connectivity index (χ2n) is 4.28. The van der Waals surface area contributed by atoms with Gasteiger partial charge in [0.1, 0.15) is 4.99 Å². The van der Waals surface area contributed by atoms with Crippen LogP contribution in [0, 0.1) is 0 Å². The number of unbranched alkanes of at least 4 members (excludes halogenated alkanes) is 2. The molecule has 0 spiro atoms. The van der Waals surface area contributed by atoms with Crippen LogP contribution < -0.4 is 0 Å². The van der Waals surface area contributed by atoms with Gasteiger partial charge in [-0.3, -0.25) is 4.57 Å². The second-order valence-corrected chi connectivity index (χ2v) is 9.43. The molecule has 0 saturated carbocycles. The summed E-state index contributed by atoms with van der Waals surface area (Å²) in [6, 6.07) is 0. The highest BCUT2D eigenvalue weighted by Crippen LogP contribution is 2.50. The van der Waals surface area contributed by atoms with Crippen molar-refractivity contribution >= 4 is 17.2 Å². The maximum Gasteiger partial charge on any atom is 0.222 e. The molecule has 0 fully saturated rings. The average molecular weight is 294 g/mol. The standard InChI is InChI=1S/C12H23O4PS/c1-4-7-8-11-18(15,16)12(9-5-2)17(13,14)10-6-3/h5-6,12H,2-4,7-11H2,1H3,(H,13,14). The first-order valence-electron chi connectivity index (χ1n) is 6.06. The molecule has 0 aromatic heterocycles. The molecule has 6 heteroatoms. The number of allylic oxidation sites excluding steroid dienone is 2. The van der Waals surface area contributed by atoms with Crippen LogP contribution in [0.15, 0.2) is 25.3 Å². The minimum Gasteiger partial charge on any atom is -0.343 e. The molecule has 0 saturated heterocycles. The molecule has 0 aromatic carbocycles. The lowest BCUT2D eigenvalue weighted by atomic mass is 10.3. The summed E-state index contributed by atoms with van der Waals surface area (Å²) < 4.78 is 36.2. The fourth-order valence-corrected chi connectivity index (χ4v) is 6.67. The van der Waals surface area contributed by atoms with Crippen molar-refractivity contribution in [2.45, 2.75) is 37.6 Å². The first-order chi connectivity index (χ1) is 8.31. The SMILES string of the molecule is C=CCC(P(=O)(O)CC=C)S(=O)(=O)CCCCC. The average Bonchev–Trinajstić information content (AvgIpc) is 2.25. The van der Waals surface area contributed by atoms with Crippen molar-refractivity contribution in [3.8, 4) is 0 Å². The molecule has 1 N–H and O–H groups in total. The van der Waals surface area contributed by atoms with Gasteiger partial charge in [-0.15, -0.1) is 13.2 Å². The molecular formula is C12H23O4PS. The van der Waals surface area contributed by atoms with E-state index >= 15 is 0 Å². The number of hydrogen-bond donors (Lipinski definition) is 1. The van der Waals surface area contributed by atoms with E-state index in [1.165, 1.54) is 12.2 Å². The second kappa shape index (κ2) is 7.93. The number of rotatable bonds is 10. The topological polar surface area (TPSA) is 71.4 Å². The van der Waals surface area contributed by atoms with E-state index in [0.717, 1.165) is 12.8 Å². The van der Waals surface area contributed by atoms with Crippen LogP contribution in [0.2, 0.25) is 0 Å². The molecule has 0 radical (unpaired) electrons. The van der Waals surface area contributed by atoms with E-state index in [1.807, 2.05) is 6.92 Å². The normalized spacial score (nSPS) is 16.8. The Balaban J connectivity index is 5.03. The highest BCUT2D eigenvalue weighted by molar-refractivity contribution is 7.99. The van der Waals surface area contributed by atoms with Gasteiger partial charge < -0.3 is 4.89 Å². The maximum absolute atomic E-state index is 12.1. The van der Waals surface area contributed by atoms with Gasteiger partial charge >= 0.3 is 0 Å². The van der Waals surface area contributed by atoms with Gasteiger partial charge in [0.2, 0.25) is 7.37 Å². The quantitative estimate of drug-likeness (QED) is 0.382. The first-order valence-corrected chi connectivity index (χ1v) is 9.69. The van der Waals surface area contributed by atoms with Crippen molar-refractivity contribution in [2.75, 3.05) is 11.9 Å². The van der Waals surface area contributed by atoms with Crippen LogP contribution in [0.5, 0.6) is 0 Å². The van der Waals surface area contributed by atoms with E-state index in [0.29, 0.717) is 6.42 Å². The zero-order valence-corrected chi connectivity index (χ0v) is 12.6. The molecule has 0 rings (SSSR count). The predicted octanol–water partition coefficient (Wildman–Crippen LogP) is 2.95. The van der Waals surface area contributed by atoms with E-state index < -0.39 is 22.2 Å². The summed E-state index contributed by atoms with van der Waals surface area (Å²) in [5.41, 5.74) is 0. The zero-order valence-electron chi connectivity index (χ0n) is 10.9. The Labute approximate surface area is 110 Å². The highest BCUT2D eigenvalue weighted by Gasteiger charge is 2.38. The smallest absolute Gasteiger partial charge is 0.222 e. The largest absolute Gasteiger partial charge is 0.343 e. The summed E-state index contributed by atoms with van der Waals surface area (Å²) in [6.07, 6.45) is 4.74. The lowest BCUT2D eigenvalue weighted by Gasteiger charge is -2.21. The Kier molecular flexibility index (Phi) is 7.76. The van der Waals surface area contributed by atoms with Gasteiger partial charge in [0.05, 0.1) is 5.75 Å². The third-order valence-corrected chi connectivity index (χ3v) is 8.38. The van der Waals surface area contributed by atoms with Crippen molar-refractivity contribution in [3.05, 3.63) is 25.3 Å². The summed E-state index contributed by atoms with van der Waals surface area (Å²) in [4.78, 5) is 8.62. The molecule has 2 unspecified atom stereocenters. The summed E-state index contributed by atoms with van der Waals surface area (Å²) in [5.74, 6) is -0.0406. The highest BCUT2D eigenvalue weighted by atomic mass is 32.2. The van der Waals surface area contributed by atoms with Crippen LogP contribution in [0.25, 0.3) is 0 Å². The minimum atomic E-state index is -3.77.